The Bertz CT molecular complexity index is 437. The molecule has 1 fully saturated rings. The number of likely N-dealkylation sites (tertiary alicyclic amines) is 1. The molecule has 0 bridgehead atoms. The third kappa shape index (κ3) is 3.88. The Labute approximate surface area is 131 Å². The van der Waals surface area contributed by atoms with E-state index in [0.29, 0.717) is 6.04 Å². The molecule has 1 nitrogen and oxygen atoms in total. The maximum Gasteiger partial charge on any atom is 0.0323 e. The van der Waals surface area contributed by atoms with Crippen LogP contribution in [0.3, 0.4) is 0 Å². The third-order valence-corrected chi connectivity index (χ3v) is 5.48. The molecule has 0 N–H and O–H groups in total. The largest absolute Gasteiger partial charge is 0.293 e. The molecule has 3 atom stereocenters. The van der Waals surface area contributed by atoms with Crippen LogP contribution in [0.5, 0.6) is 0 Å². The minimum Gasteiger partial charge on any atom is -0.293 e. The summed E-state index contributed by atoms with van der Waals surface area (Å²) in [6.07, 6.45) is 5.23. The molecular formula is C20H33N. The molecule has 0 amide bonds. The molecule has 1 saturated heterocycles. The van der Waals surface area contributed by atoms with Gasteiger partial charge in [0, 0.05) is 12.1 Å². The molecule has 1 aliphatic heterocycles. The van der Waals surface area contributed by atoms with Crippen molar-refractivity contribution in [2.24, 2.45) is 11.8 Å². The number of rotatable bonds is 5. The standard InChI is InChI=1S/C20H33N/c1-6-17-9-8-10-19(13-17)16(5)21-12-11-18(7-2)14-20(21)15(3)4/h8-10,13,15-16,18,20H,6-7,11-12,14H2,1-5H3. The molecule has 1 heterocycles. The van der Waals surface area contributed by atoms with Gasteiger partial charge in [0.05, 0.1) is 0 Å². The molecule has 1 aliphatic rings. The number of nitrogens with zero attached hydrogens (tertiary/aromatic N) is 1. The molecule has 0 saturated carbocycles. The zero-order valence-corrected chi connectivity index (χ0v) is 14.6. The Morgan fingerprint density at radius 1 is 1.19 bits per heavy atom. The highest BCUT2D eigenvalue weighted by atomic mass is 15.2. The summed E-state index contributed by atoms with van der Waals surface area (Å²) >= 11 is 0. The fourth-order valence-electron chi connectivity index (χ4n) is 3.86. The molecule has 118 valence electrons. The maximum atomic E-state index is 2.77. The summed E-state index contributed by atoms with van der Waals surface area (Å²) in [5.41, 5.74) is 2.96. The van der Waals surface area contributed by atoms with Gasteiger partial charge in [-0.25, -0.2) is 0 Å². The van der Waals surface area contributed by atoms with Gasteiger partial charge in [-0.2, -0.15) is 0 Å². The van der Waals surface area contributed by atoms with Gasteiger partial charge >= 0.3 is 0 Å². The lowest BCUT2D eigenvalue weighted by Crippen LogP contribution is -2.46. The highest BCUT2D eigenvalue weighted by molar-refractivity contribution is 5.26. The van der Waals surface area contributed by atoms with Crippen LogP contribution in [0.15, 0.2) is 24.3 Å². The van der Waals surface area contributed by atoms with Crippen molar-refractivity contribution in [2.75, 3.05) is 6.54 Å². The van der Waals surface area contributed by atoms with Crippen molar-refractivity contribution >= 4 is 0 Å². The first-order valence-electron chi connectivity index (χ1n) is 8.91. The fourth-order valence-corrected chi connectivity index (χ4v) is 3.86. The van der Waals surface area contributed by atoms with Gasteiger partial charge in [-0.05, 0) is 55.7 Å². The average Bonchev–Trinajstić information content (AvgIpc) is 2.53. The summed E-state index contributed by atoms with van der Waals surface area (Å²) in [5, 5.41) is 0. The first-order valence-corrected chi connectivity index (χ1v) is 8.91. The van der Waals surface area contributed by atoms with E-state index in [2.05, 4.69) is 63.8 Å². The van der Waals surface area contributed by atoms with E-state index in [1.165, 1.54) is 36.9 Å². The molecule has 1 aromatic rings. The summed E-state index contributed by atoms with van der Waals surface area (Å²) in [4.78, 5) is 2.77. The summed E-state index contributed by atoms with van der Waals surface area (Å²) in [5.74, 6) is 1.68. The molecule has 0 aliphatic carbocycles. The maximum absolute atomic E-state index is 2.77. The molecule has 2 rings (SSSR count). The number of hydrogen-bond donors (Lipinski definition) is 0. The molecule has 21 heavy (non-hydrogen) atoms. The van der Waals surface area contributed by atoms with E-state index >= 15 is 0 Å². The van der Waals surface area contributed by atoms with Crippen molar-refractivity contribution in [3.8, 4) is 0 Å². The average molecular weight is 287 g/mol. The van der Waals surface area contributed by atoms with E-state index in [1.807, 2.05) is 0 Å². The normalized spacial score (nSPS) is 25.2. The van der Waals surface area contributed by atoms with Gasteiger partial charge in [-0.1, -0.05) is 58.4 Å². The molecule has 3 unspecified atom stereocenters. The Balaban J connectivity index is 2.17. The van der Waals surface area contributed by atoms with Crippen LogP contribution in [0.1, 0.15) is 71.0 Å². The highest BCUT2D eigenvalue weighted by Crippen LogP contribution is 2.35. The van der Waals surface area contributed by atoms with Crippen LogP contribution in [-0.2, 0) is 6.42 Å². The minimum atomic E-state index is 0.543. The van der Waals surface area contributed by atoms with Gasteiger partial charge in [-0.15, -0.1) is 0 Å². The van der Waals surface area contributed by atoms with E-state index < -0.39 is 0 Å². The van der Waals surface area contributed by atoms with Gasteiger partial charge in [-0.3, -0.25) is 4.90 Å². The molecule has 0 aromatic heterocycles. The van der Waals surface area contributed by atoms with Gasteiger partial charge in [0.2, 0.25) is 0 Å². The van der Waals surface area contributed by atoms with E-state index in [9.17, 15) is 0 Å². The van der Waals surface area contributed by atoms with Crippen molar-refractivity contribution in [2.45, 2.75) is 72.4 Å². The molecule has 0 spiro atoms. The van der Waals surface area contributed by atoms with Crippen LogP contribution in [0, 0.1) is 11.8 Å². The highest BCUT2D eigenvalue weighted by Gasteiger charge is 2.32. The van der Waals surface area contributed by atoms with Gasteiger partial charge in [0.1, 0.15) is 0 Å². The van der Waals surface area contributed by atoms with Crippen molar-refractivity contribution < 1.29 is 0 Å². The Hall–Kier alpha value is -0.820. The second-order valence-electron chi connectivity index (χ2n) is 7.12. The van der Waals surface area contributed by atoms with Crippen LogP contribution >= 0.6 is 0 Å². The minimum absolute atomic E-state index is 0.543. The first-order chi connectivity index (χ1) is 10.1. The smallest absolute Gasteiger partial charge is 0.0323 e. The van der Waals surface area contributed by atoms with E-state index in [-0.39, 0.29) is 0 Å². The fraction of sp³-hybridized carbons (Fsp3) is 0.700. The van der Waals surface area contributed by atoms with Gasteiger partial charge < -0.3 is 0 Å². The second-order valence-corrected chi connectivity index (χ2v) is 7.12. The lowest BCUT2D eigenvalue weighted by atomic mass is 9.82. The van der Waals surface area contributed by atoms with Crippen LogP contribution in [0.2, 0.25) is 0 Å². The number of piperidine rings is 1. The quantitative estimate of drug-likeness (QED) is 0.695. The molecular weight excluding hydrogens is 254 g/mol. The second kappa shape index (κ2) is 7.45. The Morgan fingerprint density at radius 3 is 2.57 bits per heavy atom. The molecule has 1 aromatic carbocycles. The van der Waals surface area contributed by atoms with Crippen LogP contribution < -0.4 is 0 Å². The topological polar surface area (TPSA) is 3.24 Å². The van der Waals surface area contributed by atoms with Gasteiger partial charge in [0.15, 0.2) is 0 Å². The summed E-state index contributed by atoms with van der Waals surface area (Å²) in [7, 11) is 0. The Kier molecular flexibility index (Phi) is 5.87. The summed E-state index contributed by atoms with van der Waals surface area (Å²) in [6.45, 7) is 13.0. The van der Waals surface area contributed by atoms with Crippen LogP contribution in [-0.4, -0.2) is 17.5 Å². The van der Waals surface area contributed by atoms with Crippen molar-refractivity contribution in [3.05, 3.63) is 35.4 Å². The van der Waals surface area contributed by atoms with Crippen molar-refractivity contribution in [1.29, 1.82) is 0 Å². The predicted octanol–water partition coefficient (Wildman–Crippen LogP) is 5.46. The van der Waals surface area contributed by atoms with E-state index in [1.54, 1.807) is 0 Å². The third-order valence-electron chi connectivity index (χ3n) is 5.48. The van der Waals surface area contributed by atoms with Crippen LogP contribution in [0.25, 0.3) is 0 Å². The monoisotopic (exact) mass is 287 g/mol. The van der Waals surface area contributed by atoms with Gasteiger partial charge in [0.25, 0.3) is 0 Å². The lowest BCUT2D eigenvalue weighted by molar-refractivity contribution is 0.0459. The van der Waals surface area contributed by atoms with Crippen molar-refractivity contribution in [1.82, 2.24) is 4.90 Å². The number of hydrogen-bond acceptors (Lipinski definition) is 1. The van der Waals surface area contributed by atoms with E-state index in [0.717, 1.165) is 24.3 Å². The zero-order chi connectivity index (χ0) is 15.4. The van der Waals surface area contributed by atoms with Crippen molar-refractivity contribution in [3.63, 3.8) is 0 Å². The Morgan fingerprint density at radius 2 is 1.95 bits per heavy atom. The first kappa shape index (κ1) is 16.5. The van der Waals surface area contributed by atoms with Crippen LogP contribution in [0.4, 0.5) is 0 Å². The number of aryl methyl sites for hydroxylation is 1. The number of benzene rings is 1. The summed E-state index contributed by atoms with van der Waals surface area (Å²) in [6, 6.07) is 10.5. The zero-order valence-electron chi connectivity index (χ0n) is 14.6. The van der Waals surface area contributed by atoms with E-state index in [4.69, 9.17) is 0 Å². The predicted molar refractivity (Wildman–Crippen MR) is 92.6 cm³/mol. The summed E-state index contributed by atoms with van der Waals surface area (Å²) < 4.78 is 0. The SMILES string of the molecule is CCc1cccc(C(C)N2CCC(CC)CC2C(C)C)c1. The lowest BCUT2D eigenvalue weighted by Gasteiger charge is -2.45. The molecule has 1 heteroatoms. The molecule has 0 radical (unpaired) electrons.